The fourth-order valence-electron chi connectivity index (χ4n) is 5.69. The van der Waals surface area contributed by atoms with Gasteiger partial charge in [-0.05, 0) is 90.2 Å². The van der Waals surface area contributed by atoms with Crippen molar-refractivity contribution in [2.45, 2.75) is 44.9 Å². The van der Waals surface area contributed by atoms with Crippen molar-refractivity contribution in [1.29, 1.82) is 0 Å². The minimum absolute atomic E-state index is 0. The van der Waals surface area contributed by atoms with Gasteiger partial charge in [0.05, 0.1) is 10.0 Å². The van der Waals surface area contributed by atoms with Crippen LogP contribution in [-0.2, 0) is 13.1 Å². The first-order valence-electron chi connectivity index (χ1n) is 13.6. The van der Waals surface area contributed by atoms with Crippen LogP contribution < -0.4 is 10.2 Å². The molecule has 1 amide bonds. The van der Waals surface area contributed by atoms with Gasteiger partial charge in [-0.25, -0.2) is 13.8 Å². The summed E-state index contributed by atoms with van der Waals surface area (Å²) in [6, 6.07) is 14.4. The van der Waals surface area contributed by atoms with E-state index in [-0.39, 0.29) is 13.9 Å². The van der Waals surface area contributed by atoms with Crippen LogP contribution in [0.5, 0.6) is 0 Å². The molecule has 0 bridgehead atoms. The number of hydrogen-bond acceptors (Lipinski definition) is 5. The molecular formula is C30H35BrClF2N5O. The van der Waals surface area contributed by atoms with E-state index < -0.39 is 11.6 Å². The molecule has 40 heavy (non-hydrogen) atoms. The number of nitrogens with zero attached hydrogens (tertiary/aromatic N) is 4. The standard InChI is InChI=1S/C30H33BrClF2N5O.H2/c1-20-18-38(12-13-39(20)25-8-10-37(11-9-25)19-21-2-5-24(32)6-3-21)29-26(31)15-23(17-35-29)30(40)36-16-22-4-7-27(33)28(34)14-22;/h2-7,14-15,17,20,25H,8-13,16,18-19H2,1H3,(H,36,40);1H/t20-;/m0./s1. The zero-order valence-corrected chi connectivity index (χ0v) is 24.8. The Hall–Kier alpha value is -2.59. The Labute approximate surface area is 248 Å². The number of amides is 1. The molecule has 6 nitrogen and oxygen atoms in total. The van der Waals surface area contributed by atoms with Gasteiger partial charge in [0, 0.05) is 57.5 Å². The molecule has 0 unspecified atom stereocenters. The van der Waals surface area contributed by atoms with E-state index in [9.17, 15) is 13.6 Å². The fourth-order valence-corrected chi connectivity index (χ4v) is 6.41. The van der Waals surface area contributed by atoms with Crippen LogP contribution in [0, 0.1) is 11.6 Å². The van der Waals surface area contributed by atoms with Crippen LogP contribution in [0.1, 0.15) is 42.7 Å². The van der Waals surface area contributed by atoms with Gasteiger partial charge in [0.2, 0.25) is 0 Å². The monoisotopic (exact) mass is 633 g/mol. The third kappa shape index (κ3) is 7.00. The number of likely N-dealkylation sites (tertiary alicyclic amines) is 1. The molecule has 2 aliphatic heterocycles. The number of carbonyl (C=O) groups excluding carboxylic acids is 1. The molecule has 3 aromatic rings. The zero-order chi connectivity index (χ0) is 28.2. The Morgan fingerprint density at radius 1 is 1.05 bits per heavy atom. The molecule has 0 saturated carbocycles. The van der Waals surface area contributed by atoms with Crippen LogP contribution in [0.3, 0.4) is 0 Å². The first-order chi connectivity index (χ1) is 19.3. The zero-order valence-electron chi connectivity index (χ0n) is 22.4. The maximum atomic E-state index is 13.4. The lowest BCUT2D eigenvalue weighted by Crippen LogP contribution is -2.57. The molecule has 0 spiro atoms. The summed E-state index contributed by atoms with van der Waals surface area (Å²) in [5.74, 6) is -1.36. The van der Waals surface area contributed by atoms with E-state index in [1.54, 1.807) is 12.3 Å². The third-order valence-corrected chi connectivity index (χ3v) is 8.68. The van der Waals surface area contributed by atoms with Gasteiger partial charge in [0.25, 0.3) is 5.91 Å². The van der Waals surface area contributed by atoms with Crippen molar-refractivity contribution in [3.05, 3.63) is 92.5 Å². The maximum Gasteiger partial charge on any atom is 0.253 e. The second kappa shape index (κ2) is 12.9. The molecule has 5 rings (SSSR count). The summed E-state index contributed by atoms with van der Waals surface area (Å²) in [6.07, 6.45) is 3.89. The molecular weight excluding hydrogens is 600 g/mol. The van der Waals surface area contributed by atoms with E-state index in [1.165, 1.54) is 11.6 Å². The number of anilines is 1. The Kier molecular flexibility index (Phi) is 9.35. The van der Waals surface area contributed by atoms with Crippen LogP contribution in [0.25, 0.3) is 0 Å². The highest BCUT2D eigenvalue weighted by atomic mass is 79.9. The van der Waals surface area contributed by atoms with Crippen LogP contribution in [-0.4, -0.2) is 65.5 Å². The van der Waals surface area contributed by atoms with Crippen LogP contribution >= 0.6 is 27.5 Å². The molecule has 2 aliphatic rings. The van der Waals surface area contributed by atoms with E-state index in [4.69, 9.17) is 11.6 Å². The van der Waals surface area contributed by atoms with Gasteiger partial charge in [0.1, 0.15) is 5.82 Å². The lowest BCUT2D eigenvalue weighted by Gasteiger charge is -2.47. The Morgan fingerprint density at radius 3 is 2.45 bits per heavy atom. The number of piperidine rings is 1. The van der Waals surface area contributed by atoms with Crippen LogP contribution in [0.15, 0.2) is 59.2 Å². The second-order valence-corrected chi connectivity index (χ2v) is 11.9. The van der Waals surface area contributed by atoms with Crippen LogP contribution in [0.4, 0.5) is 14.6 Å². The normalized spacial score (nSPS) is 19.1. The molecule has 0 radical (unpaired) electrons. The van der Waals surface area contributed by atoms with Gasteiger partial charge in [-0.3, -0.25) is 14.6 Å². The molecule has 214 valence electrons. The van der Waals surface area contributed by atoms with Crippen molar-refractivity contribution in [3.63, 3.8) is 0 Å². The van der Waals surface area contributed by atoms with E-state index in [0.717, 1.165) is 79.6 Å². The predicted octanol–water partition coefficient (Wildman–Crippen LogP) is 6.13. The molecule has 1 aromatic heterocycles. The average molecular weight is 635 g/mol. The number of rotatable bonds is 7. The summed E-state index contributed by atoms with van der Waals surface area (Å²) < 4.78 is 27.3. The maximum absolute atomic E-state index is 13.4. The molecule has 10 heteroatoms. The van der Waals surface area contributed by atoms with Crippen molar-refractivity contribution in [2.24, 2.45) is 0 Å². The number of pyridine rings is 1. The summed E-state index contributed by atoms with van der Waals surface area (Å²) in [5.41, 5.74) is 2.18. The minimum atomic E-state index is -0.936. The lowest BCUT2D eigenvalue weighted by atomic mass is 9.99. The Bertz CT molecular complexity index is 1340. The minimum Gasteiger partial charge on any atom is -0.353 e. The third-order valence-electron chi connectivity index (χ3n) is 7.85. The highest BCUT2D eigenvalue weighted by Crippen LogP contribution is 2.29. The molecule has 1 N–H and O–H groups in total. The van der Waals surface area contributed by atoms with Gasteiger partial charge >= 0.3 is 0 Å². The number of hydrogen-bond donors (Lipinski definition) is 1. The number of aromatic nitrogens is 1. The lowest BCUT2D eigenvalue weighted by molar-refractivity contribution is 0.0690. The predicted molar refractivity (Wildman–Crippen MR) is 160 cm³/mol. The van der Waals surface area contributed by atoms with Crippen molar-refractivity contribution in [2.75, 3.05) is 37.6 Å². The van der Waals surface area contributed by atoms with Gasteiger partial charge in [-0.15, -0.1) is 0 Å². The molecule has 1 atom stereocenters. The van der Waals surface area contributed by atoms with Gasteiger partial charge in [0.15, 0.2) is 11.6 Å². The second-order valence-electron chi connectivity index (χ2n) is 10.6. The molecule has 2 saturated heterocycles. The van der Waals surface area contributed by atoms with E-state index in [0.29, 0.717) is 23.2 Å². The molecule has 3 heterocycles. The van der Waals surface area contributed by atoms with E-state index in [1.807, 2.05) is 12.1 Å². The Balaban J connectivity index is 0.00000387. The average Bonchev–Trinajstić information content (AvgIpc) is 2.95. The number of nitrogens with one attached hydrogen (secondary N) is 1. The van der Waals surface area contributed by atoms with Gasteiger partial charge < -0.3 is 10.2 Å². The summed E-state index contributed by atoms with van der Waals surface area (Å²) in [7, 11) is 0. The summed E-state index contributed by atoms with van der Waals surface area (Å²) in [6.45, 7) is 8.20. The van der Waals surface area contributed by atoms with E-state index in [2.05, 4.69) is 60.0 Å². The smallest absolute Gasteiger partial charge is 0.253 e. The number of carbonyl (C=O) groups is 1. The topological polar surface area (TPSA) is 51.7 Å². The van der Waals surface area contributed by atoms with Crippen molar-refractivity contribution in [3.8, 4) is 0 Å². The van der Waals surface area contributed by atoms with Crippen molar-refractivity contribution >= 4 is 39.3 Å². The highest BCUT2D eigenvalue weighted by molar-refractivity contribution is 9.10. The van der Waals surface area contributed by atoms with E-state index >= 15 is 0 Å². The molecule has 0 aliphatic carbocycles. The highest BCUT2D eigenvalue weighted by Gasteiger charge is 2.32. The summed E-state index contributed by atoms with van der Waals surface area (Å²) >= 11 is 9.64. The molecule has 2 fully saturated rings. The largest absolute Gasteiger partial charge is 0.353 e. The molecule has 2 aromatic carbocycles. The van der Waals surface area contributed by atoms with Gasteiger partial charge in [-0.1, -0.05) is 29.8 Å². The fraction of sp³-hybridized carbons (Fsp3) is 0.400. The Morgan fingerprint density at radius 2 is 1.77 bits per heavy atom. The summed E-state index contributed by atoms with van der Waals surface area (Å²) in [4.78, 5) is 24.7. The first kappa shape index (κ1) is 28.9. The van der Waals surface area contributed by atoms with Crippen LogP contribution in [0.2, 0.25) is 5.02 Å². The van der Waals surface area contributed by atoms with Crippen molar-refractivity contribution in [1.82, 2.24) is 20.1 Å². The SMILES string of the molecule is C[C@H]1CN(c2ncc(C(=O)NCc3ccc(F)c(F)c3)cc2Br)CCN1C1CCN(Cc2ccc(Cl)cc2)CC1.[HH]. The number of piperazine rings is 1. The number of benzene rings is 2. The van der Waals surface area contributed by atoms with Gasteiger partial charge in [-0.2, -0.15) is 0 Å². The quantitative estimate of drug-likeness (QED) is 0.339. The summed E-state index contributed by atoms with van der Waals surface area (Å²) in [5, 5.41) is 3.51. The van der Waals surface area contributed by atoms with Crippen molar-refractivity contribution < 1.29 is 15.0 Å². The number of halogens is 4. The first-order valence-corrected chi connectivity index (χ1v) is 14.8.